The summed E-state index contributed by atoms with van der Waals surface area (Å²) in [4.78, 5) is 7.25. The maximum atomic E-state index is 5.97. The van der Waals surface area contributed by atoms with Crippen LogP contribution in [0.25, 0.3) is 0 Å². The van der Waals surface area contributed by atoms with E-state index >= 15 is 0 Å². The van der Waals surface area contributed by atoms with Crippen LogP contribution in [0.4, 0.5) is 0 Å². The molecule has 2 atom stereocenters. The zero-order valence-electron chi connectivity index (χ0n) is 11.9. The summed E-state index contributed by atoms with van der Waals surface area (Å²) in [5.41, 5.74) is 7.35. The minimum atomic E-state index is 0.161. The van der Waals surface area contributed by atoms with Crippen molar-refractivity contribution in [3.63, 3.8) is 0 Å². The van der Waals surface area contributed by atoms with Crippen LogP contribution < -0.4 is 5.73 Å². The summed E-state index contributed by atoms with van der Waals surface area (Å²) in [5.74, 6) is 0.659. The highest BCUT2D eigenvalue weighted by molar-refractivity contribution is 7.09. The van der Waals surface area contributed by atoms with E-state index in [9.17, 15) is 0 Å². The normalized spacial score (nSPS) is 23.5. The molecule has 1 fully saturated rings. The van der Waals surface area contributed by atoms with Crippen LogP contribution >= 0.6 is 11.3 Å². The number of aromatic nitrogens is 1. The maximum Gasteiger partial charge on any atom is 0.107 e. The lowest BCUT2D eigenvalue weighted by Gasteiger charge is -2.17. The molecule has 1 aromatic heterocycles. The first kappa shape index (κ1) is 14.0. The van der Waals surface area contributed by atoms with E-state index in [4.69, 9.17) is 10.7 Å². The molecule has 2 heterocycles. The van der Waals surface area contributed by atoms with Gasteiger partial charge in [-0.2, -0.15) is 0 Å². The fraction of sp³-hybridized carbons (Fsp3) is 0.786. The summed E-state index contributed by atoms with van der Waals surface area (Å²) in [6.45, 7) is 12.0. The monoisotopic (exact) mass is 267 g/mol. The molecule has 1 aliphatic rings. The summed E-state index contributed by atoms with van der Waals surface area (Å²) in [6.07, 6.45) is 1.23. The van der Waals surface area contributed by atoms with Crippen molar-refractivity contribution in [1.29, 1.82) is 0 Å². The molecule has 2 unspecified atom stereocenters. The van der Waals surface area contributed by atoms with Crippen molar-refractivity contribution in [2.75, 3.05) is 13.1 Å². The average Bonchev–Trinajstić information content (AvgIpc) is 2.85. The molecule has 1 aliphatic heterocycles. The van der Waals surface area contributed by atoms with Gasteiger partial charge in [0, 0.05) is 23.4 Å². The predicted molar refractivity (Wildman–Crippen MR) is 77.8 cm³/mol. The Hall–Kier alpha value is -0.450. The highest BCUT2D eigenvalue weighted by Gasteiger charge is 2.26. The van der Waals surface area contributed by atoms with Crippen LogP contribution in [0.5, 0.6) is 0 Å². The third-order valence-corrected chi connectivity index (χ3v) is 4.57. The van der Waals surface area contributed by atoms with Gasteiger partial charge in [-0.25, -0.2) is 4.98 Å². The smallest absolute Gasteiger partial charge is 0.107 e. The lowest BCUT2D eigenvalue weighted by Crippen LogP contribution is -2.29. The Bertz CT molecular complexity index is 392. The van der Waals surface area contributed by atoms with Crippen LogP contribution in [0.1, 0.15) is 44.8 Å². The van der Waals surface area contributed by atoms with Gasteiger partial charge in [0.05, 0.1) is 12.2 Å². The first-order valence-electron chi connectivity index (χ1n) is 6.79. The number of thiazole rings is 1. The van der Waals surface area contributed by atoms with E-state index in [-0.39, 0.29) is 5.41 Å². The van der Waals surface area contributed by atoms with Crippen LogP contribution in [-0.4, -0.2) is 29.0 Å². The number of hydrogen-bond donors (Lipinski definition) is 1. The molecule has 0 amide bonds. The quantitative estimate of drug-likeness (QED) is 0.915. The van der Waals surface area contributed by atoms with Crippen LogP contribution in [0.2, 0.25) is 0 Å². The van der Waals surface area contributed by atoms with Crippen molar-refractivity contribution in [3.8, 4) is 0 Å². The van der Waals surface area contributed by atoms with E-state index in [2.05, 4.69) is 38.0 Å². The van der Waals surface area contributed by atoms with Gasteiger partial charge >= 0.3 is 0 Å². The molecule has 18 heavy (non-hydrogen) atoms. The summed E-state index contributed by atoms with van der Waals surface area (Å²) < 4.78 is 0. The molecule has 1 saturated heterocycles. The van der Waals surface area contributed by atoms with Gasteiger partial charge in [0.1, 0.15) is 5.01 Å². The number of nitrogens with two attached hydrogens (primary N) is 1. The molecule has 1 aromatic rings. The molecule has 2 N–H and O–H groups in total. The van der Waals surface area contributed by atoms with Crippen LogP contribution in [-0.2, 0) is 12.0 Å². The van der Waals surface area contributed by atoms with Gasteiger partial charge in [0.25, 0.3) is 0 Å². The second-order valence-electron chi connectivity index (χ2n) is 6.52. The van der Waals surface area contributed by atoms with Gasteiger partial charge in [-0.05, 0) is 25.8 Å². The Morgan fingerprint density at radius 1 is 1.56 bits per heavy atom. The lowest BCUT2D eigenvalue weighted by atomic mass is 9.93. The molecule has 0 saturated carbocycles. The van der Waals surface area contributed by atoms with Crippen molar-refractivity contribution >= 4 is 11.3 Å². The molecule has 3 nitrogen and oxygen atoms in total. The zero-order chi connectivity index (χ0) is 13.3. The first-order valence-corrected chi connectivity index (χ1v) is 7.67. The Balaban J connectivity index is 1.93. The Kier molecular flexibility index (Phi) is 4.09. The largest absolute Gasteiger partial charge is 0.328 e. The fourth-order valence-corrected chi connectivity index (χ4v) is 3.42. The van der Waals surface area contributed by atoms with Gasteiger partial charge in [0.15, 0.2) is 0 Å². The van der Waals surface area contributed by atoms with Crippen LogP contribution in [0.15, 0.2) is 5.38 Å². The minimum absolute atomic E-state index is 0.161. The molecule has 0 bridgehead atoms. The number of likely N-dealkylation sites (tertiary alicyclic amines) is 1. The molecular formula is C14H25N3S. The van der Waals surface area contributed by atoms with Gasteiger partial charge < -0.3 is 5.73 Å². The highest BCUT2D eigenvalue weighted by Crippen LogP contribution is 2.26. The Morgan fingerprint density at radius 2 is 2.28 bits per heavy atom. The Morgan fingerprint density at radius 3 is 2.78 bits per heavy atom. The molecule has 0 spiro atoms. The summed E-state index contributed by atoms with van der Waals surface area (Å²) >= 11 is 1.79. The number of hydrogen-bond acceptors (Lipinski definition) is 4. The van der Waals surface area contributed by atoms with E-state index in [1.165, 1.54) is 17.1 Å². The van der Waals surface area contributed by atoms with E-state index in [0.717, 1.165) is 19.6 Å². The molecule has 2 rings (SSSR count). The molecule has 4 heteroatoms. The number of rotatable bonds is 3. The van der Waals surface area contributed by atoms with E-state index in [1.54, 1.807) is 11.3 Å². The van der Waals surface area contributed by atoms with E-state index < -0.39 is 0 Å². The van der Waals surface area contributed by atoms with Crippen LogP contribution in [0, 0.1) is 5.92 Å². The average molecular weight is 267 g/mol. The molecule has 102 valence electrons. The highest BCUT2D eigenvalue weighted by atomic mass is 32.1. The first-order chi connectivity index (χ1) is 8.36. The van der Waals surface area contributed by atoms with E-state index in [1.807, 2.05) is 0 Å². The topological polar surface area (TPSA) is 42.1 Å². The third kappa shape index (κ3) is 3.31. The Labute approximate surface area is 114 Å². The third-order valence-electron chi connectivity index (χ3n) is 3.73. The summed E-state index contributed by atoms with van der Waals surface area (Å²) in [6, 6.07) is 0.316. The molecule has 0 radical (unpaired) electrons. The second kappa shape index (κ2) is 5.27. The molecule has 0 aliphatic carbocycles. The standard InChI is InChI=1S/C14H25N3S/c1-10(15)11-5-6-17(7-11)8-13-16-12(9-18-13)14(2,3)4/h9-11H,5-8,15H2,1-4H3. The lowest BCUT2D eigenvalue weighted by molar-refractivity contribution is 0.307. The van der Waals surface area contributed by atoms with Gasteiger partial charge in [-0.3, -0.25) is 4.90 Å². The van der Waals surface area contributed by atoms with Gasteiger partial charge in [-0.15, -0.1) is 11.3 Å². The maximum absolute atomic E-state index is 5.97. The minimum Gasteiger partial charge on any atom is -0.328 e. The van der Waals surface area contributed by atoms with Crippen molar-refractivity contribution in [1.82, 2.24) is 9.88 Å². The predicted octanol–water partition coefficient (Wildman–Crippen LogP) is 2.61. The van der Waals surface area contributed by atoms with Crippen molar-refractivity contribution < 1.29 is 0 Å². The van der Waals surface area contributed by atoms with Gasteiger partial charge in [0.2, 0.25) is 0 Å². The van der Waals surface area contributed by atoms with Gasteiger partial charge in [-0.1, -0.05) is 20.8 Å². The SMILES string of the molecule is CC(N)C1CCN(Cc2nc(C(C)(C)C)cs2)C1. The summed E-state index contributed by atoms with van der Waals surface area (Å²) in [5, 5.41) is 3.44. The molecule has 0 aromatic carbocycles. The molecular weight excluding hydrogens is 242 g/mol. The van der Waals surface area contributed by atoms with Crippen molar-refractivity contribution in [3.05, 3.63) is 16.1 Å². The number of nitrogens with zero attached hydrogens (tertiary/aromatic N) is 2. The van der Waals surface area contributed by atoms with E-state index in [0.29, 0.717) is 12.0 Å². The summed E-state index contributed by atoms with van der Waals surface area (Å²) in [7, 11) is 0. The zero-order valence-corrected chi connectivity index (χ0v) is 12.8. The fourth-order valence-electron chi connectivity index (χ4n) is 2.35. The van der Waals surface area contributed by atoms with Crippen molar-refractivity contribution in [2.24, 2.45) is 11.7 Å². The second-order valence-corrected chi connectivity index (χ2v) is 7.46. The van der Waals surface area contributed by atoms with Crippen molar-refractivity contribution in [2.45, 2.75) is 52.1 Å². The van der Waals surface area contributed by atoms with Crippen LogP contribution in [0.3, 0.4) is 0 Å².